The van der Waals surface area contributed by atoms with Crippen LogP contribution in [0.3, 0.4) is 0 Å². The topological polar surface area (TPSA) is 49.3 Å². The zero-order chi connectivity index (χ0) is 28.4. The molecule has 0 spiro atoms. The Labute approximate surface area is 253 Å². The molecule has 5 nitrogen and oxygen atoms in total. The lowest BCUT2D eigenvalue weighted by molar-refractivity contribution is 0.0745. The molecule has 5 rings (SSSR count). The number of halogens is 1. The van der Waals surface area contributed by atoms with Crippen molar-refractivity contribution in [2.24, 2.45) is 0 Å². The maximum atomic E-state index is 13.8. The van der Waals surface area contributed by atoms with E-state index < -0.39 is 0 Å². The highest BCUT2D eigenvalue weighted by molar-refractivity contribution is 7.98. The molecule has 0 radical (unpaired) electrons. The Morgan fingerprint density at radius 2 is 1.54 bits per heavy atom. The number of aromatic nitrogens is 2. The molecular formula is C34H37ClN4OS. The highest BCUT2D eigenvalue weighted by Gasteiger charge is 2.21. The summed E-state index contributed by atoms with van der Waals surface area (Å²) in [7, 11) is 2.11. The van der Waals surface area contributed by atoms with Gasteiger partial charge in [-0.05, 0) is 48.1 Å². The molecular weight excluding hydrogens is 548 g/mol. The van der Waals surface area contributed by atoms with Crippen LogP contribution in [0.4, 0.5) is 5.82 Å². The van der Waals surface area contributed by atoms with Crippen molar-refractivity contribution >= 4 is 35.1 Å². The van der Waals surface area contributed by atoms with Crippen LogP contribution in [0, 0.1) is 0 Å². The van der Waals surface area contributed by atoms with Crippen LogP contribution in [0.15, 0.2) is 96.2 Å². The molecule has 1 heterocycles. The second kappa shape index (κ2) is 14.5. The summed E-state index contributed by atoms with van der Waals surface area (Å²) in [5, 5.41) is 1.11. The zero-order valence-corrected chi connectivity index (χ0v) is 25.2. The molecule has 1 aliphatic carbocycles. The third-order valence-electron chi connectivity index (χ3n) is 7.70. The lowest BCUT2D eigenvalue weighted by Crippen LogP contribution is -2.34. The van der Waals surface area contributed by atoms with Crippen molar-refractivity contribution in [2.45, 2.75) is 62.0 Å². The molecule has 0 bridgehead atoms. The van der Waals surface area contributed by atoms with Crippen LogP contribution < -0.4 is 4.90 Å². The summed E-state index contributed by atoms with van der Waals surface area (Å²) in [6.45, 7) is 1.21. The average Bonchev–Trinajstić information content (AvgIpc) is 3.02. The molecule has 4 aromatic rings. The predicted molar refractivity (Wildman–Crippen MR) is 170 cm³/mol. The van der Waals surface area contributed by atoms with E-state index in [0.717, 1.165) is 23.4 Å². The van der Waals surface area contributed by atoms with Crippen LogP contribution >= 0.6 is 23.4 Å². The van der Waals surface area contributed by atoms with E-state index >= 15 is 0 Å². The smallest absolute Gasteiger partial charge is 0.254 e. The fraction of sp³-hybridized carbons (Fsp3) is 0.324. The predicted octanol–water partition coefficient (Wildman–Crippen LogP) is 8.08. The Kier molecular flexibility index (Phi) is 10.3. The summed E-state index contributed by atoms with van der Waals surface area (Å²) in [6, 6.07) is 30.8. The van der Waals surface area contributed by atoms with Gasteiger partial charge in [-0.25, -0.2) is 9.97 Å². The Morgan fingerprint density at radius 1 is 0.854 bits per heavy atom. The monoisotopic (exact) mass is 584 g/mol. The number of amides is 1. The van der Waals surface area contributed by atoms with Gasteiger partial charge in [-0.15, -0.1) is 0 Å². The minimum Gasteiger partial charge on any atom is -0.357 e. The summed E-state index contributed by atoms with van der Waals surface area (Å²) in [5.74, 6) is 1.56. The fourth-order valence-corrected chi connectivity index (χ4v) is 6.40. The van der Waals surface area contributed by atoms with E-state index in [1.807, 2.05) is 65.6 Å². The lowest BCUT2D eigenvalue weighted by atomic mass is 9.94. The van der Waals surface area contributed by atoms with Gasteiger partial charge in [0, 0.05) is 43.6 Å². The van der Waals surface area contributed by atoms with Crippen LogP contribution in [0.5, 0.6) is 0 Å². The van der Waals surface area contributed by atoms with Crippen LogP contribution in [0.2, 0.25) is 5.15 Å². The first kappa shape index (κ1) is 29.2. The van der Waals surface area contributed by atoms with Crippen molar-refractivity contribution in [3.63, 3.8) is 0 Å². The van der Waals surface area contributed by atoms with Gasteiger partial charge in [0.05, 0.1) is 0 Å². The zero-order valence-electron chi connectivity index (χ0n) is 23.6. The summed E-state index contributed by atoms with van der Waals surface area (Å²) < 4.78 is 0. The summed E-state index contributed by atoms with van der Waals surface area (Å²) in [4.78, 5) is 27.3. The number of hydrogen-bond acceptors (Lipinski definition) is 5. The Balaban J connectivity index is 1.27. The Bertz CT molecular complexity index is 1410. The summed E-state index contributed by atoms with van der Waals surface area (Å²) >= 11 is 7.96. The largest absolute Gasteiger partial charge is 0.357 e. The van der Waals surface area contributed by atoms with Crippen LogP contribution in [0.1, 0.15) is 59.2 Å². The minimum absolute atomic E-state index is 0.0343. The van der Waals surface area contributed by atoms with Crippen LogP contribution in [0.25, 0.3) is 0 Å². The van der Waals surface area contributed by atoms with Gasteiger partial charge in [-0.3, -0.25) is 4.79 Å². The number of benzene rings is 3. The molecule has 1 fully saturated rings. The number of thioether (sulfide) groups is 1. The van der Waals surface area contributed by atoms with Crippen molar-refractivity contribution in [3.05, 3.63) is 118 Å². The molecule has 7 heteroatoms. The van der Waals surface area contributed by atoms with Gasteiger partial charge in [-0.2, -0.15) is 0 Å². The second-order valence-electron chi connectivity index (χ2n) is 10.7. The second-order valence-corrected chi connectivity index (χ2v) is 12.0. The molecule has 1 aromatic heterocycles. The van der Waals surface area contributed by atoms with E-state index in [0.29, 0.717) is 40.8 Å². The van der Waals surface area contributed by atoms with Gasteiger partial charge < -0.3 is 9.80 Å². The first-order chi connectivity index (χ1) is 20.0. The minimum atomic E-state index is 0.0343. The molecule has 0 unspecified atom stereocenters. The molecule has 0 atom stereocenters. The molecule has 1 saturated carbocycles. The summed E-state index contributed by atoms with van der Waals surface area (Å²) in [6.07, 6.45) is 7.02. The third-order valence-corrected chi connectivity index (χ3v) is 8.82. The van der Waals surface area contributed by atoms with E-state index in [1.54, 1.807) is 11.8 Å². The first-order valence-electron chi connectivity index (χ1n) is 14.4. The molecule has 0 N–H and O–H groups in total. The van der Waals surface area contributed by atoms with Crippen molar-refractivity contribution in [2.75, 3.05) is 18.5 Å². The first-order valence-corrected chi connectivity index (χ1v) is 15.8. The van der Waals surface area contributed by atoms with Gasteiger partial charge in [0.25, 0.3) is 5.91 Å². The van der Waals surface area contributed by atoms with Crippen LogP contribution in [-0.2, 0) is 18.7 Å². The van der Waals surface area contributed by atoms with E-state index in [1.165, 1.54) is 37.7 Å². The number of nitrogens with zero attached hydrogens (tertiary/aromatic N) is 4. The van der Waals surface area contributed by atoms with Crippen molar-refractivity contribution in [1.29, 1.82) is 0 Å². The van der Waals surface area contributed by atoms with E-state index in [2.05, 4.69) is 47.3 Å². The quantitative estimate of drug-likeness (QED) is 0.101. The number of carbonyl (C=O) groups excluding carboxylic acids is 1. The molecule has 0 saturated heterocycles. The van der Waals surface area contributed by atoms with Gasteiger partial charge >= 0.3 is 0 Å². The molecule has 0 aliphatic heterocycles. The SMILES string of the molecule is CN(c1cc(Cl)nc(SCc2cccc(C(=O)N(CCc3ccccc3)Cc3ccccc3)c2)n1)C1CCCCC1. The molecule has 1 aliphatic rings. The molecule has 1 amide bonds. The lowest BCUT2D eigenvalue weighted by Gasteiger charge is -2.32. The van der Waals surface area contributed by atoms with Crippen molar-refractivity contribution < 1.29 is 4.79 Å². The maximum Gasteiger partial charge on any atom is 0.254 e. The fourth-order valence-electron chi connectivity index (χ4n) is 5.38. The summed E-state index contributed by atoms with van der Waals surface area (Å²) in [5.41, 5.74) is 4.08. The van der Waals surface area contributed by atoms with Crippen LogP contribution in [-0.4, -0.2) is 40.4 Å². The van der Waals surface area contributed by atoms with Crippen molar-refractivity contribution in [1.82, 2.24) is 14.9 Å². The highest BCUT2D eigenvalue weighted by Crippen LogP contribution is 2.29. The average molecular weight is 585 g/mol. The van der Waals surface area contributed by atoms with Crippen molar-refractivity contribution in [3.8, 4) is 0 Å². The maximum absolute atomic E-state index is 13.8. The number of carbonyl (C=O) groups is 1. The standard InChI is InChI=1S/C34H37ClN4OS/c1-38(30-18-9-4-10-19-30)32-23-31(35)36-34(37-32)41-25-28-16-11-17-29(22-28)33(40)39(24-27-14-7-3-8-15-27)21-20-26-12-5-2-6-13-26/h2-3,5-8,11-17,22-23,30H,4,9-10,18-21,24-25H2,1H3. The normalized spacial score (nSPS) is 13.6. The Morgan fingerprint density at radius 3 is 2.27 bits per heavy atom. The molecule has 212 valence electrons. The third kappa shape index (κ3) is 8.34. The van der Waals surface area contributed by atoms with E-state index in [4.69, 9.17) is 16.6 Å². The number of hydrogen-bond donors (Lipinski definition) is 0. The number of anilines is 1. The number of rotatable bonds is 11. The van der Waals surface area contributed by atoms with Gasteiger partial charge in [-0.1, -0.05) is 115 Å². The molecule has 41 heavy (non-hydrogen) atoms. The van der Waals surface area contributed by atoms with Gasteiger partial charge in [0.1, 0.15) is 11.0 Å². The van der Waals surface area contributed by atoms with Gasteiger partial charge in [0.15, 0.2) is 5.16 Å². The highest BCUT2D eigenvalue weighted by atomic mass is 35.5. The Hall–Kier alpha value is -3.35. The van der Waals surface area contributed by atoms with Gasteiger partial charge in [0.2, 0.25) is 0 Å². The molecule has 3 aromatic carbocycles. The van der Waals surface area contributed by atoms with E-state index in [9.17, 15) is 4.79 Å². The van der Waals surface area contributed by atoms with E-state index in [-0.39, 0.29) is 5.91 Å².